The highest BCUT2D eigenvalue weighted by Crippen LogP contribution is 1.98. The molecular formula is C8H21NO3P+. The Kier molecular flexibility index (Phi) is 17.2. The second-order valence-electron chi connectivity index (χ2n) is 2.67. The molecule has 0 heterocycles. The van der Waals surface area contributed by atoms with Gasteiger partial charge in [0.1, 0.15) is 0 Å². The minimum absolute atomic E-state index is 1.12. The number of rotatable bonds is 6. The van der Waals surface area contributed by atoms with Gasteiger partial charge in [-0.15, -0.1) is 9.79 Å². The maximum absolute atomic E-state index is 8.70. The van der Waals surface area contributed by atoms with Gasteiger partial charge in [-0.2, -0.15) is 0 Å². The van der Waals surface area contributed by atoms with Gasteiger partial charge in [-0.05, 0) is 19.5 Å². The first-order chi connectivity index (χ1) is 6.15. The van der Waals surface area contributed by atoms with Crippen LogP contribution in [0.15, 0.2) is 0 Å². The van der Waals surface area contributed by atoms with Crippen LogP contribution in [0.3, 0.4) is 0 Å². The molecule has 0 fully saturated rings. The summed E-state index contributed by atoms with van der Waals surface area (Å²) in [5.41, 5.74) is 0. The molecule has 0 aliphatic rings. The molecule has 3 N–H and O–H groups in total. The van der Waals surface area contributed by atoms with Crippen LogP contribution in [0.5, 0.6) is 0 Å². The molecule has 0 aromatic rings. The van der Waals surface area contributed by atoms with Crippen molar-refractivity contribution in [2.45, 2.75) is 39.5 Å². The van der Waals surface area contributed by atoms with Gasteiger partial charge < -0.3 is 5.32 Å². The van der Waals surface area contributed by atoms with Crippen molar-refractivity contribution < 1.29 is 14.4 Å². The Morgan fingerprint density at radius 1 is 1.15 bits per heavy atom. The zero-order chi connectivity index (χ0) is 10.5. The Labute approximate surface area is 81.3 Å². The Morgan fingerprint density at radius 3 is 2.08 bits per heavy atom. The minimum Gasteiger partial charge on any atom is -0.317 e. The predicted octanol–water partition coefficient (Wildman–Crippen LogP) is 1.80. The van der Waals surface area contributed by atoms with Gasteiger partial charge in [0.2, 0.25) is 0 Å². The van der Waals surface area contributed by atoms with Crippen LogP contribution in [0.4, 0.5) is 0 Å². The lowest BCUT2D eigenvalue weighted by Gasteiger charge is -1.98. The minimum atomic E-state index is -2.87. The van der Waals surface area contributed by atoms with Crippen LogP contribution in [0, 0.1) is 0 Å². The van der Waals surface area contributed by atoms with Crippen molar-refractivity contribution in [3.8, 4) is 0 Å². The topological polar surface area (TPSA) is 69.6 Å². The molecule has 5 heteroatoms. The van der Waals surface area contributed by atoms with Crippen molar-refractivity contribution in [1.82, 2.24) is 5.32 Å². The van der Waals surface area contributed by atoms with Crippen molar-refractivity contribution in [1.29, 1.82) is 0 Å². The summed E-state index contributed by atoms with van der Waals surface area (Å²) in [7, 11) is -2.87. The first-order valence-corrected chi connectivity index (χ1v) is 5.87. The predicted molar refractivity (Wildman–Crippen MR) is 54.7 cm³/mol. The number of nitrogens with one attached hydrogen (secondary N) is 1. The summed E-state index contributed by atoms with van der Waals surface area (Å²) in [4.78, 5) is 14.2. The fraction of sp³-hybridized carbons (Fsp3) is 1.00. The van der Waals surface area contributed by atoms with Gasteiger partial charge in [0, 0.05) is 4.57 Å². The van der Waals surface area contributed by atoms with E-state index in [2.05, 4.69) is 19.2 Å². The van der Waals surface area contributed by atoms with Crippen molar-refractivity contribution in [2.75, 3.05) is 13.1 Å². The lowest BCUT2D eigenvalue weighted by Crippen LogP contribution is -2.13. The fourth-order valence-electron chi connectivity index (χ4n) is 0.854. The second kappa shape index (κ2) is 14.5. The van der Waals surface area contributed by atoms with Crippen LogP contribution < -0.4 is 5.32 Å². The smallest absolute Gasteiger partial charge is 0.317 e. The van der Waals surface area contributed by atoms with Gasteiger partial charge in [-0.25, -0.2) is 0 Å². The molecule has 0 unspecified atom stereocenters. The highest BCUT2D eigenvalue weighted by molar-refractivity contribution is 7.30. The second-order valence-corrected chi connectivity index (χ2v) is 3.17. The molecule has 4 nitrogen and oxygen atoms in total. The molecule has 0 saturated heterocycles. The van der Waals surface area contributed by atoms with Crippen molar-refractivity contribution >= 4 is 8.25 Å². The van der Waals surface area contributed by atoms with Gasteiger partial charge in [0.05, 0.1) is 0 Å². The summed E-state index contributed by atoms with van der Waals surface area (Å²) in [6.07, 6.45) is 5.47. The molecular weight excluding hydrogens is 189 g/mol. The molecule has 0 aliphatic heterocycles. The molecule has 0 aromatic carbocycles. The highest BCUT2D eigenvalue weighted by atomic mass is 31.1. The molecule has 0 rings (SSSR count). The van der Waals surface area contributed by atoms with Gasteiger partial charge in [-0.3, -0.25) is 0 Å². The van der Waals surface area contributed by atoms with E-state index in [0.717, 1.165) is 6.54 Å². The fourth-order valence-corrected chi connectivity index (χ4v) is 0.854. The third-order valence-electron chi connectivity index (χ3n) is 1.46. The van der Waals surface area contributed by atoms with Crippen LogP contribution >= 0.6 is 8.25 Å². The maximum Gasteiger partial charge on any atom is 0.692 e. The summed E-state index contributed by atoms with van der Waals surface area (Å²) in [5, 5.41) is 3.31. The molecule has 0 amide bonds. The number of hydrogen-bond acceptors (Lipinski definition) is 2. The van der Waals surface area contributed by atoms with Gasteiger partial charge in [0.15, 0.2) is 0 Å². The normalized spacial score (nSPS) is 8.92. The molecule has 13 heavy (non-hydrogen) atoms. The Morgan fingerprint density at radius 2 is 1.69 bits per heavy atom. The standard InChI is InChI=1S/C8H19N.HO3P/c1-3-5-6-7-8-9-4-2;1-4(2)3/h9H,3-8H2,1-2H3;(H-,1,2,3)/p+1. The highest BCUT2D eigenvalue weighted by Gasteiger charge is 1.93. The Bertz CT molecular complexity index is 102. The van der Waals surface area contributed by atoms with E-state index in [1.807, 2.05) is 0 Å². The van der Waals surface area contributed by atoms with Crippen LogP contribution in [-0.2, 0) is 4.57 Å². The maximum atomic E-state index is 8.70. The van der Waals surface area contributed by atoms with Crippen LogP contribution in [0.2, 0.25) is 0 Å². The van der Waals surface area contributed by atoms with E-state index in [1.165, 1.54) is 32.2 Å². The molecule has 0 saturated carbocycles. The SMILES string of the molecule is CCCCCCNCC.O=[P+](O)O. The average Bonchev–Trinajstić information content (AvgIpc) is 2.03. The largest absolute Gasteiger partial charge is 0.692 e. The molecule has 0 bridgehead atoms. The zero-order valence-electron chi connectivity index (χ0n) is 8.49. The van der Waals surface area contributed by atoms with E-state index in [-0.39, 0.29) is 0 Å². The van der Waals surface area contributed by atoms with E-state index >= 15 is 0 Å². The molecule has 0 radical (unpaired) electrons. The van der Waals surface area contributed by atoms with Crippen LogP contribution in [-0.4, -0.2) is 22.9 Å². The zero-order valence-corrected chi connectivity index (χ0v) is 9.39. The van der Waals surface area contributed by atoms with E-state index in [0.29, 0.717) is 0 Å². The van der Waals surface area contributed by atoms with E-state index < -0.39 is 8.25 Å². The summed E-state index contributed by atoms with van der Waals surface area (Å²) < 4.78 is 8.70. The first kappa shape index (κ1) is 15.5. The van der Waals surface area contributed by atoms with Gasteiger partial charge >= 0.3 is 8.25 Å². The van der Waals surface area contributed by atoms with Crippen molar-refractivity contribution in [3.05, 3.63) is 0 Å². The molecule has 0 spiro atoms. The molecule has 0 atom stereocenters. The quantitative estimate of drug-likeness (QED) is 0.462. The van der Waals surface area contributed by atoms with Crippen LogP contribution in [0.25, 0.3) is 0 Å². The lowest BCUT2D eigenvalue weighted by atomic mass is 10.2. The van der Waals surface area contributed by atoms with E-state index in [1.54, 1.807) is 0 Å². The van der Waals surface area contributed by atoms with E-state index in [9.17, 15) is 0 Å². The lowest BCUT2D eigenvalue weighted by molar-refractivity contribution is 0.405. The molecule has 80 valence electrons. The molecule has 0 aromatic heterocycles. The van der Waals surface area contributed by atoms with E-state index in [4.69, 9.17) is 14.4 Å². The summed E-state index contributed by atoms with van der Waals surface area (Å²) in [6, 6.07) is 0. The summed E-state index contributed by atoms with van der Waals surface area (Å²) in [6.45, 7) is 6.72. The monoisotopic (exact) mass is 210 g/mol. The third-order valence-corrected chi connectivity index (χ3v) is 1.46. The summed E-state index contributed by atoms with van der Waals surface area (Å²) >= 11 is 0. The van der Waals surface area contributed by atoms with Crippen molar-refractivity contribution in [2.24, 2.45) is 0 Å². The Hall–Kier alpha value is -0.0200. The van der Waals surface area contributed by atoms with Crippen LogP contribution in [0.1, 0.15) is 39.5 Å². The van der Waals surface area contributed by atoms with Crippen molar-refractivity contribution in [3.63, 3.8) is 0 Å². The average molecular weight is 210 g/mol. The van der Waals surface area contributed by atoms with Gasteiger partial charge in [-0.1, -0.05) is 33.1 Å². The number of hydrogen-bond donors (Lipinski definition) is 3. The molecule has 0 aliphatic carbocycles. The van der Waals surface area contributed by atoms with Gasteiger partial charge in [0.25, 0.3) is 0 Å². The Balaban J connectivity index is 0. The third kappa shape index (κ3) is 33.4. The summed E-state index contributed by atoms with van der Waals surface area (Å²) in [5.74, 6) is 0. The number of unbranched alkanes of at least 4 members (excludes halogenated alkanes) is 3. The first-order valence-electron chi connectivity index (χ1n) is 4.70.